The molecule has 9 heteroatoms. The minimum absolute atomic E-state index is 0.231. The van der Waals surface area contributed by atoms with E-state index in [0.29, 0.717) is 5.56 Å². The fourth-order valence-corrected chi connectivity index (χ4v) is 2.92. The molecule has 0 amide bonds. The summed E-state index contributed by atoms with van der Waals surface area (Å²) < 4.78 is 63.8. The number of rotatable bonds is 4. The van der Waals surface area contributed by atoms with E-state index < -0.39 is 27.8 Å². The zero-order valence-corrected chi connectivity index (χ0v) is 11.7. The molecule has 1 aromatic carbocycles. The number of benzene rings is 1. The van der Waals surface area contributed by atoms with E-state index in [-0.39, 0.29) is 4.90 Å². The van der Waals surface area contributed by atoms with Crippen LogP contribution in [0.1, 0.15) is 24.1 Å². The van der Waals surface area contributed by atoms with Crippen LogP contribution < -0.4 is 4.72 Å². The molecule has 2 aromatic rings. The van der Waals surface area contributed by atoms with E-state index in [9.17, 15) is 21.6 Å². The van der Waals surface area contributed by atoms with Crippen LogP contribution in [0.5, 0.6) is 0 Å². The highest BCUT2D eigenvalue weighted by Gasteiger charge is 2.30. The second-order valence-electron chi connectivity index (χ2n) is 4.40. The Balaban J connectivity index is 2.20. The predicted octanol–water partition coefficient (Wildman–Crippen LogP) is 2.47. The number of aromatic nitrogens is 2. The first-order valence-electron chi connectivity index (χ1n) is 5.88. The quantitative estimate of drug-likeness (QED) is 0.909. The van der Waals surface area contributed by atoms with Crippen LogP contribution in [-0.2, 0) is 16.2 Å². The van der Waals surface area contributed by atoms with Gasteiger partial charge in [0.2, 0.25) is 10.0 Å². The second kappa shape index (κ2) is 5.49. The number of hydrogen-bond donors (Lipinski definition) is 2. The number of nitrogens with zero attached hydrogens (tertiary/aromatic N) is 1. The summed E-state index contributed by atoms with van der Waals surface area (Å²) in [6.07, 6.45) is -1.51. The second-order valence-corrected chi connectivity index (χ2v) is 6.11. The summed E-state index contributed by atoms with van der Waals surface area (Å²) in [5.41, 5.74) is -0.283. The van der Waals surface area contributed by atoms with E-state index >= 15 is 0 Å². The van der Waals surface area contributed by atoms with Gasteiger partial charge < -0.3 is 0 Å². The Kier molecular flexibility index (Phi) is 4.06. The normalized spacial score (nSPS) is 14.1. The number of nitrogens with one attached hydrogen (secondary N) is 2. The zero-order valence-electron chi connectivity index (χ0n) is 10.8. The molecule has 2 N–H and O–H groups in total. The average Bonchev–Trinajstić information content (AvgIpc) is 2.91. The number of sulfonamides is 1. The van der Waals surface area contributed by atoms with Crippen LogP contribution in [0.2, 0.25) is 0 Å². The molecule has 0 aliphatic heterocycles. The Bertz CT molecular complexity index is 694. The molecule has 114 valence electrons. The highest BCUT2D eigenvalue weighted by atomic mass is 32.2. The van der Waals surface area contributed by atoms with E-state index in [2.05, 4.69) is 14.9 Å². The lowest BCUT2D eigenvalue weighted by molar-refractivity contribution is -0.137. The predicted molar refractivity (Wildman–Crippen MR) is 68.8 cm³/mol. The number of hydrogen-bond acceptors (Lipinski definition) is 3. The Morgan fingerprint density at radius 2 is 1.86 bits per heavy atom. The molecule has 0 aliphatic rings. The molecule has 21 heavy (non-hydrogen) atoms. The van der Waals surface area contributed by atoms with Gasteiger partial charge in [-0.1, -0.05) is 0 Å². The largest absolute Gasteiger partial charge is 0.416 e. The van der Waals surface area contributed by atoms with Crippen LogP contribution in [0.4, 0.5) is 13.2 Å². The van der Waals surface area contributed by atoms with Crippen LogP contribution in [0, 0.1) is 0 Å². The SMILES string of the molecule is CC(NS(=O)(=O)c1ccc(C(F)(F)F)cc1)c1cn[nH]c1. The van der Waals surface area contributed by atoms with Crippen molar-refractivity contribution in [2.45, 2.75) is 24.0 Å². The monoisotopic (exact) mass is 319 g/mol. The Morgan fingerprint density at radius 3 is 2.33 bits per heavy atom. The molecule has 1 aromatic heterocycles. The minimum Gasteiger partial charge on any atom is -0.285 e. The van der Waals surface area contributed by atoms with Crippen molar-refractivity contribution >= 4 is 10.0 Å². The van der Waals surface area contributed by atoms with Gasteiger partial charge in [0.1, 0.15) is 0 Å². The molecular weight excluding hydrogens is 307 g/mol. The van der Waals surface area contributed by atoms with Crippen molar-refractivity contribution in [2.24, 2.45) is 0 Å². The van der Waals surface area contributed by atoms with Gasteiger partial charge in [-0.2, -0.15) is 18.3 Å². The average molecular weight is 319 g/mol. The first-order valence-corrected chi connectivity index (χ1v) is 7.37. The van der Waals surface area contributed by atoms with Crippen molar-refractivity contribution < 1.29 is 21.6 Å². The van der Waals surface area contributed by atoms with Gasteiger partial charge in [-0.15, -0.1) is 0 Å². The van der Waals surface area contributed by atoms with Crippen molar-refractivity contribution in [3.8, 4) is 0 Å². The van der Waals surface area contributed by atoms with Gasteiger partial charge >= 0.3 is 6.18 Å². The topological polar surface area (TPSA) is 74.8 Å². The number of H-pyrrole nitrogens is 1. The van der Waals surface area contributed by atoms with Crippen LogP contribution >= 0.6 is 0 Å². The molecule has 2 rings (SSSR count). The number of halogens is 3. The van der Waals surface area contributed by atoms with Crippen molar-refractivity contribution in [3.63, 3.8) is 0 Å². The minimum atomic E-state index is -4.50. The summed E-state index contributed by atoms with van der Waals surface area (Å²) in [6.45, 7) is 1.60. The first kappa shape index (κ1) is 15.5. The maximum atomic E-state index is 12.4. The smallest absolute Gasteiger partial charge is 0.285 e. The molecular formula is C12H12F3N3O2S. The van der Waals surface area contributed by atoms with Crippen molar-refractivity contribution in [2.75, 3.05) is 0 Å². The fraction of sp³-hybridized carbons (Fsp3) is 0.250. The van der Waals surface area contributed by atoms with Crippen LogP contribution in [0.15, 0.2) is 41.6 Å². The van der Waals surface area contributed by atoms with Gasteiger partial charge in [0.05, 0.1) is 16.7 Å². The third kappa shape index (κ3) is 3.61. The van der Waals surface area contributed by atoms with Crippen LogP contribution in [0.25, 0.3) is 0 Å². The summed E-state index contributed by atoms with van der Waals surface area (Å²) in [7, 11) is -3.91. The first-order chi connectivity index (χ1) is 9.70. The molecule has 0 saturated carbocycles. The molecule has 0 aliphatic carbocycles. The van der Waals surface area contributed by atoms with Gasteiger partial charge in [-0.25, -0.2) is 13.1 Å². The summed E-state index contributed by atoms with van der Waals surface area (Å²) in [5.74, 6) is 0. The molecule has 0 bridgehead atoms. The maximum absolute atomic E-state index is 12.4. The Hall–Kier alpha value is -1.87. The lowest BCUT2D eigenvalue weighted by atomic mass is 10.2. The lowest BCUT2D eigenvalue weighted by Gasteiger charge is -2.13. The Morgan fingerprint density at radius 1 is 1.24 bits per heavy atom. The molecule has 1 heterocycles. The third-order valence-corrected chi connectivity index (χ3v) is 4.40. The van der Waals surface area contributed by atoms with Gasteiger partial charge in [0, 0.05) is 17.8 Å². The van der Waals surface area contributed by atoms with E-state index in [1.807, 2.05) is 0 Å². The molecule has 5 nitrogen and oxygen atoms in total. The van der Waals surface area contributed by atoms with Crippen molar-refractivity contribution in [1.29, 1.82) is 0 Å². The summed E-state index contributed by atoms with van der Waals surface area (Å²) in [4.78, 5) is -0.231. The standard InChI is InChI=1S/C12H12F3N3O2S/c1-8(9-6-16-17-7-9)18-21(19,20)11-4-2-10(3-5-11)12(13,14)15/h2-8,18H,1H3,(H,16,17). The third-order valence-electron chi connectivity index (χ3n) is 2.84. The zero-order chi connectivity index (χ0) is 15.7. The van der Waals surface area contributed by atoms with Crippen LogP contribution in [-0.4, -0.2) is 18.6 Å². The highest BCUT2D eigenvalue weighted by Crippen LogP contribution is 2.29. The van der Waals surface area contributed by atoms with Crippen LogP contribution in [0.3, 0.4) is 0 Å². The molecule has 0 spiro atoms. The van der Waals surface area contributed by atoms with Crippen molar-refractivity contribution in [3.05, 3.63) is 47.8 Å². The van der Waals surface area contributed by atoms with E-state index in [4.69, 9.17) is 0 Å². The van der Waals surface area contributed by atoms with Gasteiger partial charge in [-0.3, -0.25) is 5.10 Å². The Labute approximate surface area is 119 Å². The van der Waals surface area contributed by atoms with Gasteiger partial charge in [0.25, 0.3) is 0 Å². The molecule has 0 fully saturated rings. The number of alkyl halides is 3. The van der Waals surface area contributed by atoms with Gasteiger partial charge in [0.15, 0.2) is 0 Å². The summed E-state index contributed by atoms with van der Waals surface area (Å²) in [5, 5.41) is 6.25. The molecule has 0 radical (unpaired) electrons. The maximum Gasteiger partial charge on any atom is 0.416 e. The summed E-state index contributed by atoms with van der Waals surface area (Å²) >= 11 is 0. The number of aromatic amines is 1. The van der Waals surface area contributed by atoms with Gasteiger partial charge in [-0.05, 0) is 31.2 Å². The fourth-order valence-electron chi connectivity index (χ4n) is 1.69. The highest BCUT2D eigenvalue weighted by molar-refractivity contribution is 7.89. The van der Waals surface area contributed by atoms with E-state index in [1.54, 1.807) is 6.92 Å². The molecule has 1 unspecified atom stereocenters. The summed E-state index contributed by atoms with van der Waals surface area (Å²) in [6, 6.07) is 2.75. The van der Waals surface area contributed by atoms with E-state index in [1.165, 1.54) is 12.4 Å². The lowest BCUT2D eigenvalue weighted by Crippen LogP contribution is -2.26. The molecule has 1 atom stereocenters. The van der Waals surface area contributed by atoms with Crippen molar-refractivity contribution in [1.82, 2.24) is 14.9 Å². The molecule has 0 saturated heterocycles. The van der Waals surface area contributed by atoms with E-state index in [0.717, 1.165) is 24.3 Å².